The Morgan fingerprint density at radius 3 is 3.00 bits per heavy atom. The molecule has 1 saturated heterocycles. The highest BCUT2D eigenvalue weighted by molar-refractivity contribution is 7.09. The molecule has 2 aromatic heterocycles. The maximum absolute atomic E-state index is 14.0. The largest absolute Gasteiger partial charge is 0.297 e. The predicted molar refractivity (Wildman–Crippen MR) is 95.3 cm³/mol. The summed E-state index contributed by atoms with van der Waals surface area (Å²) >= 11 is 1.66. The first kappa shape index (κ1) is 17.1. The van der Waals surface area contributed by atoms with E-state index in [1.807, 2.05) is 12.4 Å². The first-order chi connectivity index (χ1) is 12.1. The Hall–Kier alpha value is -1.38. The lowest BCUT2D eigenvalue weighted by atomic mass is 10.2. The molecule has 0 unspecified atom stereocenters. The maximum Gasteiger partial charge on any atom is 0.153 e. The van der Waals surface area contributed by atoms with Gasteiger partial charge in [-0.15, -0.1) is 11.3 Å². The summed E-state index contributed by atoms with van der Waals surface area (Å²) in [6.45, 7) is 4.89. The third kappa shape index (κ3) is 4.07. The lowest BCUT2D eigenvalue weighted by molar-refractivity contribution is 0.179. The zero-order chi connectivity index (χ0) is 17.4. The van der Waals surface area contributed by atoms with Gasteiger partial charge in [0.1, 0.15) is 12.0 Å². The van der Waals surface area contributed by atoms with Gasteiger partial charge in [-0.3, -0.25) is 14.9 Å². The molecule has 1 saturated carbocycles. The van der Waals surface area contributed by atoms with Crippen molar-refractivity contribution in [3.63, 3.8) is 0 Å². The number of likely N-dealkylation sites (N-methyl/N-ethyl adjacent to an activating group) is 1. The molecule has 25 heavy (non-hydrogen) atoms. The van der Waals surface area contributed by atoms with E-state index in [9.17, 15) is 4.39 Å². The van der Waals surface area contributed by atoms with Crippen LogP contribution < -0.4 is 0 Å². The number of halogens is 1. The van der Waals surface area contributed by atoms with Gasteiger partial charge in [-0.25, -0.2) is 14.4 Å². The van der Waals surface area contributed by atoms with Gasteiger partial charge >= 0.3 is 0 Å². The molecule has 3 heterocycles. The summed E-state index contributed by atoms with van der Waals surface area (Å²) < 4.78 is 14.0. The van der Waals surface area contributed by atoms with Crippen molar-refractivity contribution < 1.29 is 4.39 Å². The fourth-order valence-corrected chi connectivity index (χ4v) is 4.36. The smallest absolute Gasteiger partial charge is 0.153 e. The van der Waals surface area contributed by atoms with Crippen molar-refractivity contribution >= 4 is 11.3 Å². The molecule has 8 heteroatoms. The van der Waals surface area contributed by atoms with Gasteiger partial charge in [-0.2, -0.15) is 5.10 Å². The van der Waals surface area contributed by atoms with Crippen LogP contribution in [0, 0.1) is 6.92 Å². The lowest BCUT2D eigenvalue weighted by Gasteiger charge is -2.27. The molecule has 0 spiro atoms. The van der Waals surface area contributed by atoms with Crippen LogP contribution in [0.4, 0.5) is 4.39 Å². The number of aromatic nitrogens is 4. The van der Waals surface area contributed by atoms with Crippen molar-refractivity contribution in [2.45, 2.75) is 57.4 Å². The number of hydrogen-bond acceptors (Lipinski definition) is 6. The molecule has 2 atom stereocenters. The van der Waals surface area contributed by atoms with Crippen LogP contribution >= 0.6 is 11.3 Å². The minimum Gasteiger partial charge on any atom is -0.297 e. The van der Waals surface area contributed by atoms with Crippen LogP contribution in [-0.4, -0.2) is 62.3 Å². The summed E-state index contributed by atoms with van der Waals surface area (Å²) in [6, 6.07) is 0.229. The summed E-state index contributed by atoms with van der Waals surface area (Å²) in [5.74, 6) is 2.43. The molecule has 6 nitrogen and oxygen atoms in total. The summed E-state index contributed by atoms with van der Waals surface area (Å²) in [6.07, 6.45) is 2.28. The Morgan fingerprint density at radius 2 is 2.28 bits per heavy atom. The van der Waals surface area contributed by atoms with Crippen molar-refractivity contribution in [1.29, 1.82) is 0 Å². The van der Waals surface area contributed by atoms with E-state index in [1.54, 1.807) is 11.3 Å². The zero-order valence-corrected chi connectivity index (χ0v) is 15.6. The Bertz CT molecular complexity index is 712. The molecule has 1 N–H and O–H groups in total. The SMILES string of the molecule is Cc1ncsc1CN1C[C@@H](F)C[C@H]1CN(C)Cc1nc(C2CC2)n[nH]1. The van der Waals surface area contributed by atoms with E-state index < -0.39 is 6.17 Å². The molecule has 1 aliphatic carbocycles. The predicted octanol–water partition coefficient (Wildman–Crippen LogP) is 2.49. The van der Waals surface area contributed by atoms with Crippen LogP contribution in [0.2, 0.25) is 0 Å². The van der Waals surface area contributed by atoms with Gasteiger partial charge in [0.2, 0.25) is 0 Å². The molecule has 0 bridgehead atoms. The number of aromatic amines is 1. The average molecular weight is 364 g/mol. The summed E-state index contributed by atoms with van der Waals surface area (Å²) in [7, 11) is 2.07. The van der Waals surface area contributed by atoms with Crippen LogP contribution in [0.1, 0.15) is 47.4 Å². The summed E-state index contributed by atoms with van der Waals surface area (Å²) in [4.78, 5) is 14.6. The Kier molecular flexibility index (Phi) is 4.84. The second-order valence-corrected chi connectivity index (χ2v) is 8.33. The van der Waals surface area contributed by atoms with Gasteiger partial charge in [-0.1, -0.05) is 0 Å². The fraction of sp³-hybridized carbons (Fsp3) is 0.706. The van der Waals surface area contributed by atoms with E-state index in [0.29, 0.717) is 18.9 Å². The van der Waals surface area contributed by atoms with E-state index >= 15 is 0 Å². The van der Waals surface area contributed by atoms with Crippen molar-refractivity contribution in [3.8, 4) is 0 Å². The van der Waals surface area contributed by atoms with Crippen molar-refractivity contribution in [3.05, 3.63) is 27.7 Å². The van der Waals surface area contributed by atoms with Crippen molar-refractivity contribution in [1.82, 2.24) is 30.0 Å². The first-order valence-electron chi connectivity index (χ1n) is 8.95. The molecule has 0 aromatic carbocycles. The highest BCUT2D eigenvalue weighted by atomic mass is 32.1. The van der Waals surface area contributed by atoms with E-state index in [0.717, 1.165) is 37.0 Å². The van der Waals surface area contributed by atoms with Gasteiger partial charge in [0.05, 0.1) is 17.7 Å². The zero-order valence-electron chi connectivity index (χ0n) is 14.8. The molecule has 1 aliphatic heterocycles. The van der Waals surface area contributed by atoms with Gasteiger partial charge in [0.25, 0.3) is 0 Å². The van der Waals surface area contributed by atoms with Crippen molar-refractivity contribution in [2.24, 2.45) is 0 Å². The third-order valence-electron chi connectivity index (χ3n) is 5.10. The average Bonchev–Trinajstić information content (AvgIpc) is 3.03. The number of hydrogen-bond donors (Lipinski definition) is 1. The van der Waals surface area contributed by atoms with Gasteiger partial charge < -0.3 is 0 Å². The number of alkyl halides is 1. The minimum absolute atomic E-state index is 0.229. The minimum atomic E-state index is -0.738. The normalized spacial score (nSPS) is 24.5. The number of H-pyrrole nitrogens is 1. The second-order valence-electron chi connectivity index (χ2n) is 7.39. The van der Waals surface area contributed by atoms with Gasteiger partial charge in [-0.05, 0) is 33.2 Å². The molecular weight excluding hydrogens is 339 g/mol. The lowest BCUT2D eigenvalue weighted by Crippen LogP contribution is -2.38. The van der Waals surface area contributed by atoms with Crippen LogP contribution in [0.25, 0.3) is 0 Å². The topological polar surface area (TPSA) is 60.9 Å². The number of likely N-dealkylation sites (tertiary alicyclic amines) is 1. The quantitative estimate of drug-likeness (QED) is 0.818. The van der Waals surface area contributed by atoms with Crippen LogP contribution in [0.5, 0.6) is 0 Å². The Balaban J connectivity index is 1.34. The molecule has 0 amide bonds. The Morgan fingerprint density at radius 1 is 1.44 bits per heavy atom. The first-order valence-corrected chi connectivity index (χ1v) is 9.83. The highest BCUT2D eigenvalue weighted by Crippen LogP contribution is 2.37. The number of nitrogens with one attached hydrogen (secondary N) is 1. The van der Waals surface area contributed by atoms with Crippen LogP contribution in [-0.2, 0) is 13.1 Å². The fourth-order valence-electron chi connectivity index (χ4n) is 3.55. The van der Waals surface area contributed by atoms with Crippen molar-refractivity contribution in [2.75, 3.05) is 20.1 Å². The summed E-state index contributed by atoms with van der Waals surface area (Å²) in [5, 5.41) is 7.36. The number of rotatable bonds is 7. The number of thiazole rings is 1. The maximum atomic E-state index is 14.0. The molecular formula is C17H25FN6S. The second kappa shape index (κ2) is 7.09. The molecule has 2 aliphatic rings. The molecule has 2 aromatic rings. The number of aryl methyl sites for hydroxylation is 1. The molecule has 2 fully saturated rings. The monoisotopic (exact) mass is 364 g/mol. The van der Waals surface area contributed by atoms with Crippen LogP contribution in [0.3, 0.4) is 0 Å². The van der Waals surface area contributed by atoms with Gasteiger partial charge in [0, 0.05) is 36.5 Å². The molecule has 4 rings (SSSR count). The van der Waals surface area contributed by atoms with E-state index in [1.165, 1.54) is 17.7 Å². The standard InChI is InChI=1S/C17H25FN6S/c1-11-15(25-10-19-11)8-24-6-13(18)5-14(24)7-23(2)9-16-20-17(22-21-16)12-3-4-12/h10,12-14H,3-9H2,1-2H3,(H,20,21,22)/t13-,14-/m0/s1. The summed E-state index contributed by atoms with van der Waals surface area (Å²) in [5.41, 5.74) is 2.93. The molecule has 136 valence electrons. The Labute approximate surface area is 151 Å². The van der Waals surface area contributed by atoms with E-state index in [2.05, 4.69) is 37.0 Å². The highest BCUT2D eigenvalue weighted by Gasteiger charge is 2.33. The molecule has 0 radical (unpaired) electrons. The van der Waals surface area contributed by atoms with Crippen LogP contribution in [0.15, 0.2) is 5.51 Å². The van der Waals surface area contributed by atoms with E-state index in [-0.39, 0.29) is 6.04 Å². The third-order valence-corrected chi connectivity index (χ3v) is 6.02. The number of nitrogens with zero attached hydrogens (tertiary/aromatic N) is 5. The van der Waals surface area contributed by atoms with Gasteiger partial charge in [0.15, 0.2) is 5.82 Å². The van der Waals surface area contributed by atoms with E-state index in [4.69, 9.17) is 0 Å².